The second-order valence-electron chi connectivity index (χ2n) is 2.73. The highest BCUT2D eigenvalue weighted by atomic mass is 16.3. The number of nitrogens with one attached hydrogen (secondary N) is 2. The lowest BCUT2D eigenvalue weighted by molar-refractivity contribution is 0.0943. The van der Waals surface area contributed by atoms with Gasteiger partial charge < -0.3 is 14.7 Å². The van der Waals surface area contributed by atoms with Crippen molar-refractivity contribution in [1.82, 2.24) is 15.3 Å². The van der Waals surface area contributed by atoms with Crippen molar-refractivity contribution in [3.05, 3.63) is 42.4 Å². The van der Waals surface area contributed by atoms with Crippen molar-refractivity contribution in [2.45, 2.75) is 6.54 Å². The average molecular weight is 191 g/mol. The molecule has 0 aromatic carbocycles. The molecule has 0 unspecified atom stereocenters. The Kier molecular flexibility index (Phi) is 2.31. The normalized spacial score (nSPS) is 10.0. The van der Waals surface area contributed by atoms with Gasteiger partial charge >= 0.3 is 0 Å². The van der Waals surface area contributed by atoms with E-state index < -0.39 is 0 Å². The molecule has 1 amide bonds. The molecule has 2 N–H and O–H groups in total. The fourth-order valence-corrected chi connectivity index (χ4v) is 1.06. The Bertz CT molecular complexity index is 392. The molecule has 0 radical (unpaired) electrons. The molecule has 0 atom stereocenters. The van der Waals surface area contributed by atoms with E-state index >= 15 is 0 Å². The highest BCUT2D eigenvalue weighted by molar-refractivity contribution is 5.91. The van der Waals surface area contributed by atoms with Gasteiger partial charge in [0, 0.05) is 0 Å². The zero-order valence-corrected chi connectivity index (χ0v) is 7.36. The van der Waals surface area contributed by atoms with E-state index in [4.69, 9.17) is 4.42 Å². The lowest BCUT2D eigenvalue weighted by Crippen LogP contribution is -2.22. The van der Waals surface area contributed by atoms with Gasteiger partial charge in [-0.2, -0.15) is 0 Å². The number of hydrogen-bond donors (Lipinski definition) is 2. The largest absolute Gasteiger partial charge is 0.467 e. The number of nitrogens with zero attached hydrogens (tertiary/aromatic N) is 1. The summed E-state index contributed by atoms with van der Waals surface area (Å²) >= 11 is 0. The van der Waals surface area contributed by atoms with E-state index in [9.17, 15) is 4.79 Å². The Morgan fingerprint density at radius 3 is 3.21 bits per heavy atom. The molecular weight excluding hydrogens is 182 g/mol. The van der Waals surface area contributed by atoms with Gasteiger partial charge in [0.05, 0.1) is 25.3 Å². The van der Waals surface area contributed by atoms with Crippen LogP contribution in [-0.4, -0.2) is 15.9 Å². The van der Waals surface area contributed by atoms with Gasteiger partial charge in [0.25, 0.3) is 5.91 Å². The van der Waals surface area contributed by atoms with Crippen molar-refractivity contribution >= 4 is 5.91 Å². The second kappa shape index (κ2) is 3.78. The van der Waals surface area contributed by atoms with Gasteiger partial charge in [-0.15, -0.1) is 0 Å². The van der Waals surface area contributed by atoms with Crippen molar-refractivity contribution in [2.75, 3.05) is 0 Å². The van der Waals surface area contributed by atoms with Crippen LogP contribution in [0.3, 0.4) is 0 Å². The van der Waals surface area contributed by atoms with Gasteiger partial charge in [0.15, 0.2) is 0 Å². The monoisotopic (exact) mass is 191 g/mol. The summed E-state index contributed by atoms with van der Waals surface area (Å²) in [6, 6.07) is 3.57. The maximum absolute atomic E-state index is 11.4. The number of aromatic amines is 1. The fourth-order valence-electron chi connectivity index (χ4n) is 1.06. The van der Waals surface area contributed by atoms with Gasteiger partial charge in [0.2, 0.25) is 0 Å². The SMILES string of the molecule is O=C(NCc1ccco1)c1cnc[nH]1. The van der Waals surface area contributed by atoms with E-state index in [1.165, 1.54) is 12.5 Å². The van der Waals surface area contributed by atoms with E-state index in [1.54, 1.807) is 18.4 Å². The summed E-state index contributed by atoms with van der Waals surface area (Å²) in [5, 5.41) is 2.68. The van der Waals surface area contributed by atoms with Crippen molar-refractivity contribution in [3.8, 4) is 0 Å². The first-order valence-electron chi connectivity index (χ1n) is 4.15. The van der Waals surface area contributed by atoms with Crippen LogP contribution in [0.15, 0.2) is 35.3 Å². The molecule has 0 aliphatic heterocycles. The average Bonchev–Trinajstić information content (AvgIpc) is 2.87. The molecule has 2 aromatic rings. The molecule has 2 rings (SSSR count). The molecule has 0 saturated carbocycles. The fraction of sp³-hybridized carbons (Fsp3) is 0.111. The summed E-state index contributed by atoms with van der Waals surface area (Å²) in [4.78, 5) is 17.8. The van der Waals surface area contributed by atoms with Gasteiger partial charge in [-0.3, -0.25) is 4.79 Å². The Morgan fingerprint density at radius 2 is 2.57 bits per heavy atom. The third-order valence-electron chi connectivity index (χ3n) is 1.75. The minimum Gasteiger partial charge on any atom is -0.467 e. The molecule has 0 spiro atoms. The van der Waals surface area contributed by atoms with Crippen LogP contribution < -0.4 is 5.32 Å². The Morgan fingerprint density at radius 1 is 1.64 bits per heavy atom. The smallest absolute Gasteiger partial charge is 0.269 e. The Labute approximate surface area is 80.2 Å². The van der Waals surface area contributed by atoms with Crippen molar-refractivity contribution in [2.24, 2.45) is 0 Å². The van der Waals surface area contributed by atoms with Crippen LogP contribution in [0.4, 0.5) is 0 Å². The summed E-state index contributed by atoms with van der Waals surface area (Å²) in [5.74, 6) is 0.525. The molecule has 0 aliphatic rings. The molecule has 5 heteroatoms. The number of carbonyl (C=O) groups is 1. The minimum absolute atomic E-state index is 0.195. The first-order valence-corrected chi connectivity index (χ1v) is 4.15. The lowest BCUT2D eigenvalue weighted by Gasteiger charge is -1.99. The minimum atomic E-state index is -0.195. The Hall–Kier alpha value is -2.04. The highest BCUT2D eigenvalue weighted by Gasteiger charge is 2.06. The van der Waals surface area contributed by atoms with Crippen LogP contribution in [0.2, 0.25) is 0 Å². The van der Waals surface area contributed by atoms with Crippen LogP contribution in [0.25, 0.3) is 0 Å². The van der Waals surface area contributed by atoms with Gasteiger partial charge in [-0.25, -0.2) is 4.98 Å². The number of hydrogen-bond acceptors (Lipinski definition) is 3. The first kappa shape index (κ1) is 8.55. The molecular formula is C9H9N3O2. The van der Waals surface area contributed by atoms with Crippen molar-refractivity contribution in [1.29, 1.82) is 0 Å². The molecule has 14 heavy (non-hydrogen) atoms. The number of H-pyrrole nitrogens is 1. The molecule has 0 fully saturated rings. The highest BCUT2D eigenvalue weighted by Crippen LogP contribution is 1.99. The lowest BCUT2D eigenvalue weighted by atomic mass is 10.4. The molecule has 2 aromatic heterocycles. The predicted molar refractivity (Wildman–Crippen MR) is 48.5 cm³/mol. The summed E-state index contributed by atoms with van der Waals surface area (Å²) < 4.78 is 5.06. The molecule has 2 heterocycles. The standard InChI is InChI=1S/C9H9N3O2/c13-9(8-5-10-6-12-8)11-4-7-2-1-3-14-7/h1-3,5-6H,4H2,(H,10,12)(H,11,13). The molecule has 5 nitrogen and oxygen atoms in total. The summed E-state index contributed by atoms with van der Waals surface area (Å²) in [6.45, 7) is 0.380. The van der Waals surface area contributed by atoms with Gasteiger partial charge in [-0.05, 0) is 12.1 Å². The van der Waals surface area contributed by atoms with Crippen molar-refractivity contribution < 1.29 is 9.21 Å². The predicted octanol–water partition coefficient (Wildman–Crippen LogP) is 0.933. The van der Waals surface area contributed by atoms with Crippen molar-refractivity contribution in [3.63, 3.8) is 0 Å². The third-order valence-corrected chi connectivity index (χ3v) is 1.75. The van der Waals surface area contributed by atoms with E-state index in [-0.39, 0.29) is 5.91 Å². The quantitative estimate of drug-likeness (QED) is 0.758. The zero-order valence-electron chi connectivity index (χ0n) is 7.36. The first-order chi connectivity index (χ1) is 6.86. The summed E-state index contributed by atoms with van der Waals surface area (Å²) in [5.41, 5.74) is 0.441. The number of carbonyl (C=O) groups excluding carboxylic acids is 1. The van der Waals surface area contributed by atoms with E-state index in [0.717, 1.165) is 5.76 Å². The maximum Gasteiger partial charge on any atom is 0.269 e. The Balaban J connectivity index is 1.90. The molecule has 72 valence electrons. The molecule has 0 bridgehead atoms. The van der Waals surface area contributed by atoms with Crippen LogP contribution >= 0.6 is 0 Å². The third kappa shape index (κ3) is 1.82. The number of amides is 1. The summed E-state index contributed by atoms with van der Waals surface area (Å²) in [7, 11) is 0. The van der Waals surface area contributed by atoms with Crippen LogP contribution in [0.1, 0.15) is 16.2 Å². The molecule has 0 saturated heterocycles. The van der Waals surface area contributed by atoms with Gasteiger partial charge in [0.1, 0.15) is 11.5 Å². The topological polar surface area (TPSA) is 70.9 Å². The van der Waals surface area contributed by atoms with Gasteiger partial charge in [-0.1, -0.05) is 0 Å². The molecule has 0 aliphatic carbocycles. The maximum atomic E-state index is 11.4. The van der Waals surface area contributed by atoms with E-state index in [1.807, 2.05) is 0 Å². The zero-order chi connectivity index (χ0) is 9.80. The van der Waals surface area contributed by atoms with Crippen LogP contribution in [-0.2, 0) is 6.54 Å². The number of furan rings is 1. The second-order valence-corrected chi connectivity index (χ2v) is 2.73. The van der Waals surface area contributed by atoms with Crippen LogP contribution in [0.5, 0.6) is 0 Å². The van der Waals surface area contributed by atoms with E-state index in [2.05, 4.69) is 15.3 Å². The number of imidazole rings is 1. The number of rotatable bonds is 3. The van der Waals surface area contributed by atoms with E-state index in [0.29, 0.717) is 12.2 Å². The number of aromatic nitrogens is 2. The van der Waals surface area contributed by atoms with Crippen LogP contribution in [0, 0.1) is 0 Å². The summed E-state index contributed by atoms with van der Waals surface area (Å²) in [6.07, 6.45) is 4.50.